The van der Waals surface area contributed by atoms with Gasteiger partial charge in [-0.2, -0.15) is 18.4 Å². The van der Waals surface area contributed by atoms with Crippen molar-refractivity contribution in [2.24, 2.45) is 11.8 Å². The van der Waals surface area contributed by atoms with Gasteiger partial charge in [0.15, 0.2) is 0 Å². The lowest BCUT2D eigenvalue weighted by molar-refractivity contribution is -0.138. The smallest absolute Gasteiger partial charge is 0.358 e. The summed E-state index contributed by atoms with van der Waals surface area (Å²) in [5.41, 5.74) is -4.52. The second-order valence-electron chi connectivity index (χ2n) is 8.46. The normalized spacial score (nSPS) is 31.5. The van der Waals surface area contributed by atoms with Crippen LogP contribution in [0.2, 0.25) is 0 Å². The van der Waals surface area contributed by atoms with E-state index in [1.54, 1.807) is 27.9 Å². The summed E-state index contributed by atoms with van der Waals surface area (Å²) in [6.45, 7) is 3.13. The summed E-state index contributed by atoms with van der Waals surface area (Å²) in [6, 6.07) is 4.16. The number of hydrogen-bond acceptors (Lipinski definition) is 5. The van der Waals surface area contributed by atoms with Crippen molar-refractivity contribution in [1.82, 2.24) is 4.90 Å². The minimum atomic E-state index is -4.84. The van der Waals surface area contributed by atoms with Crippen LogP contribution in [0.4, 0.5) is 18.9 Å². The first-order chi connectivity index (χ1) is 14.3. The molecule has 0 N–H and O–H groups in total. The number of carbonyl (C=O) groups is 3. The van der Waals surface area contributed by atoms with Gasteiger partial charge in [-0.1, -0.05) is 0 Å². The molecule has 10 heteroatoms. The Hall–Kier alpha value is -3.19. The maximum atomic E-state index is 13.4. The number of nitriles is 1. The number of ether oxygens (including phenoxy) is 1. The van der Waals surface area contributed by atoms with Crippen LogP contribution in [0.3, 0.4) is 0 Å². The first-order valence-electron chi connectivity index (χ1n) is 9.40. The van der Waals surface area contributed by atoms with Crippen molar-refractivity contribution in [2.75, 3.05) is 19.0 Å². The predicted octanol–water partition coefficient (Wildman–Crippen LogP) is 2.26. The number of carbonyl (C=O) groups excluding carboxylic acids is 3. The number of nitrogens with zero attached hydrogens (tertiary/aromatic N) is 3. The molecule has 2 bridgehead atoms. The highest BCUT2D eigenvalue weighted by Crippen LogP contribution is 2.60. The van der Waals surface area contributed by atoms with E-state index in [1.807, 2.05) is 0 Å². The summed E-state index contributed by atoms with van der Waals surface area (Å²) in [7, 11) is 3.09. The number of amides is 3. The van der Waals surface area contributed by atoms with Gasteiger partial charge in [-0.05, 0) is 38.1 Å². The highest BCUT2D eigenvalue weighted by molar-refractivity contribution is 6.24. The van der Waals surface area contributed by atoms with Gasteiger partial charge in [0.1, 0.15) is 5.60 Å². The molecule has 3 heterocycles. The Morgan fingerprint density at radius 3 is 2.35 bits per heavy atom. The molecule has 162 valence electrons. The zero-order chi connectivity index (χ0) is 23.1. The SMILES string of the molecule is CN(C)C(=O)C1=CC2(C)OC1(C)C1C(=O)N(c3ccc(C#N)c(C(F)(F)F)c3)C(=O)[C@@H]12. The summed E-state index contributed by atoms with van der Waals surface area (Å²) in [6.07, 6.45) is -3.30. The average Bonchev–Trinajstić information content (AvgIpc) is 3.20. The maximum absolute atomic E-state index is 13.4. The Balaban J connectivity index is 1.80. The Labute approximate surface area is 175 Å². The molecule has 1 aromatic carbocycles. The van der Waals surface area contributed by atoms with Gasteiger partial charge in [-0.25, -0.2) is 4.90 Å². The maximum Gasteiger partial charge on any atom is 0.417 e. The molecular weight excluding hydrogens is 415 g/mol. The molecule has 3 amide bonds. The van der Waals surface area contributed by atoms with Crippen molar-refractivity contribution >= 4 is 23.4 Å². The number of halogens is 3. The fourth-order valence-corrected chi connectivity index (χ4v) is 4.93. The van der Waals surface area contributed by atoms with Crippen LogP contribution in [-0.4, -0.2) is 47.9 Å². The number of anilines is 1. The van der Waals surface area contributed by atoms with Crippen LogP contribution in [-0.2, 0) is 25.3 Å². The van der Waals surface area contributed by atoms with Crippen LogP contribution in [0.5, 0.6) is 0 Å². The number of rotatable bonds is 2. The van der Waals surface area contributed by atoms with Gasteiger partial charge in [0, 0.05) is 19.7 Å². The second-order valence-corrected chi connectivity index (χ2v) is 8.46. The van der Waals surface area contributed by atoms with E-state index < -0.39 is 52.2 Å². The number of fused-ring (bicyclic) bond motifs is 5. The van der Waals surface area contributed by atoms with Crippen molar-refractivity contribution in [1.29, 1.82) is 5.26 Å². The minimum Gasteiger partial charge on any atom is -0.358 e. The highest BCUT2D eigenvalue weighted by atomic mass is 19.4. The molecule has 7 nitrogen and oxygen atoms in total. The van der Waals surface area contributed by atoms with Gasteiger partial charge >= 0.3 is 6.18 Å². The van der Waals surface area contributed by atoms with E-state index >= 15 is 0 Å². The van der Waals surface area contributed by atoms with Crippen LogP contribution < -0.4 is 4.90 Å². The van der Waals surface area contributed by atoms with E-state index in [2.05, 4.69) is 0 Å². The monoisotopic (exact) mass is 433 g/mol. The fourth-order valence-electron chi connectivity index (χ4n) is 4.93. The molecule has 0 saturated carbocycles. The van der Waals surface area contributed by atoms with Crippen molar-refractivity contribution < 1.29 is 32.3 Å². The largest absolute Gasteiger partial charge is 0.417 e. The molecule has 0 aromatic heterocycles. The van der Waals surface area contributed by atoms with Crippen LogP contribution in [0.15, 0.2) is 29.8 Å². The highest BCUT2D eigenvalue weighted by Gasteiger charge is 2.74. The van der Waals surface area contributed by atoms with E-state index in [-0.39, 0.29) is 17.2 Å². The molecule has 3 unspecified atom stereocenters. The molecular formula is C21H18F3N3O4. The average molecular weight is 433 g/mol. The van der Waals surface area contributed by atoms with E-state index in [9.17, 15) is 27.6 Å². The zero-order valence-corrected chi connectivity index (χ0v) is 17.1. The van der Waals surface area contributed by atoms with Crippen LogP contribution in [0.1, 0.15) is 25.0 Å². The Morgan fingerprint density at radius 1 is 1.19 bits per heavy atom. The Kier molecular flexibility index (Phi) is 4.19. The van der Waals surface area contributed by atoms with Crippen LogP contribution in [0.25, 0.3) is 0 Å². The lowest BCUT2D eigenvalue weighted by Crippen LogP contribution is -2.45. The first-order valence-corrected chi connectivity index (χ1v) is 9.40. The summed E-state index contributed by atoms with van der Waals surface area (Å²) in [5, 5.41) is 8.99. The van der Waals surface area contributed by atoms with E-state index in [0.29, 0.717) is 11.0 Å². The molecule has 2 fully saturated rings. The summed E-state index contributed by atoms with van der Waals surface area (Å²) >= 11 is 0. The third-order valence-corrected chi connectivity index (χ3v) is 6.24. The molecule has 0 aliphatic carbocycles. The van der Waals surface area contributed by atoms with E-state index in [1.165, 1.54) is 17.0 Å². The molecule has 3 aliphatic rings. The molecule has 31 heavy (non-hydrogen) atoms. The Bertz CT molecular complexity index is 1120. The first kappa shape index (κ1) is 21.1. The molecule has 2 saturated heterocycles. The van der Waals surface area contributed by atoms with Crippen molar-refractivity contribution in [3.63, 3.8) is 0 Å². The quantitative estimate of drug-likeness (QED) is 0.668. The van der Waals surface area contributed by atoms with Gasteiger partial charge in [0.25, 0.3) is 5.91 Å². The van der Waals surface area contributed by atoms with Crippen molar-refractivity contribution in [3.05, 3.63) is 41.0 Å². The molecule has 4 rings (SSSR count). The second kappa shape index (κ2) is 6.17. The van der Waals surface area contributed by atoms with Crippen LogP contribution >= 0.6 is 0 Å². The van der Waals surface area contributed by atoms with Crippen molar-refractivity contribution in [3.8, 4) is 6.07 Å². The summed E-state index contributed by atoms with van der Waals surface area (Å²) in [4.78, 5) is 41.2. The molecule has 3 aliphatic heterocycles. The lowest BCUT2D eigenvalue weighted by atomic mass is 9.69. The van der Waals surface area contributed by atoms with Gasteiger partial charge < -0.3 is 9.64 Å². The molecule has 4 atom stereocenters. The van der Waals surface area contributed by atoms with E-state index in [0.717, 1.165) is 12.1 Å². The summed E-state index contributed by atoms with van der Waals surface area (Å²) < 4.78 is 46.2. The van der Waals surface area contributed by atoms with Crippen LogP contribution in [0, 0.1) is 23.2 Å². The predicted molar refractivity (Wildman–Crippen MR) is 100 cm³/mol. The molecule has 1 aromatic rings. The minimum absolute atomic E-state index is 0.236. The number of benzene rings is 1. The van der Waals surface area contributed by atoms with E-state index in [4.69, 9.17) is 10.00 Å². The number of likely N-dealkylation sites (N-methyl/N-ethyl adjacent to an activating group) is 1. The standard InChI is InChI=1S/C21H18F3N3O4/c1-19-8-13(16(28)26(3)4)20(2,31-19)15-14(19)17(29)27(18(15)30)11-6-5-10(9-25)12(7-11)21(22,23)24/h5-8,14-15H,1-4H3/t14-,15?,19?,20?/m1/s1. The number of imide groups is 1. The lowest BCUT2D eigenvalue weighted by Gasteiger charge is -2.30. The third kappa shape index (κ3) is 2.66. The molecule has 0 radical (unpaired) electrons. The number of hydrogen-bond donors (Lipinski definition) is 0. The topological polar surface area (TPSA) is 90.7 Å². The zero-order valence-electron chi connectivity index (χ0n) is 17.1. The van der Waals surface area contributed by atoms with Gasteiger partial charge in [0.2, 0.25) is 11.8 Å². The van der Waals surface area contributed by atoms with Gasteiger partial charge in [0.05, 0.1) is 40.3 Å². The van der Waals surface area contributed by atoms with Gasteiger partial charge in [-0.3, -0.25) is 14.4 Å². The van der Waals surface area contributed by atoms with Gasteiger partial charge in [-0.15, -0.1) is 0 Å². The summed E-state index contributed by atoms with van der Waals surface area (Å²) in [5.74, 6) is -3.85. The number of alkyl halides is 3. The third-order valence-electron chi connectivity index (χ3n) is 6.24. The fraction of sp³-hybridized carbons (Fsp3) is 0.429. The van der Waals surface area contributed by atoms with Crippen molar-refractivity contribution in [2.45, 2.75) is 31.2 Å². The molecule has 0 spiro atoms. The Morgan fingerprint density at radius 2 is 1.81 bits per heavy atom.